The summed E-state index contributed by atoms with van der Waals surface area (Å²) in [5.74, 6) is -1.10. The minimum absolute atomic E-state index is 0.0930. The van der Waals surface area contributed by atoms with Crippen molar-refractivity contribution in [3.63, 3.8) is 0 Å². The zero-order valence-electron chi connectivity index (χ0n) is 36.4. The second-order valence-corrected chi connectivity index (χ2v) is 17.7. The van der Waals surface area contributed by atoms with Gasteiger partial charge in [-0.15, -0.1) is 6.58 Å². The molecule has 6 unspecified atom stereocenters. The molecule has 0 aromatic rings. The largest absolute Gasteiger partial charge is 0.472 e. The molecule has 0 saturated heterocycles. The number of hydrogen-bond donors (Lipinski definition) is 6. The Morgan fingerprint density at radius 1 is 0.559 bits per heavy atom. The first kappa shape index (κ1) is 55.3. The van der Waals surface area contributed by atoms with Gasteiger partial charge in [0, 0.05) is 12.8 Å². The molecule has 1 saturated carbocycles. The summed E-state index contributed by atoms with van der Waals surface area (Å²) >= 11 is 0. The lowest BCUT2D eigenvalue weighted by atomic mass is 9.85. The van der Waals surface area contributed by atoms with Crippen molar-refractivity contribution in [2.45, 2.75) is 236 Å². The van der Waals surface area contributed by atoms with Crippen molar-refractivity contribution >= 4 is 19.8 Å². The molecule has 13 nitrogen and oxygen atoms in total. The Kier molecular flexibility index (Phi) is 33.7. The molecular weight excluding hydrogens is 779 g/mol. The van der Waals surface area contributed by atoms with Crippen LogP contribution in [0, 0.1) is 0 Å². The van der Waals surface area contributed by atoms with Crippen LogP contribution in [0.1, 0.15) is 193 Å². The Hall–Kier alpha value is -1.67. The van der Waals surface area contributed by atoms with E-state index in [1.807, 2.05) is 6.08 Å². The summed E-state index contributed by atoms with van der Waals surface area (Å²) in [6.07, 6.45) is 24.1. The molecule has 1 rings (SSSR count). The van der Waals surface area contributed by atoms with Gasteiger partial charge in [-0.05, 0) is 51.4 Å². The summed E-state index contributed by atoms with van der Waals surface area (Å²) in [4.78, 5) is 35.7. The quantitative estimate of drug-likeness (QED) is 0.0148. The average molecular weight is 863 g/mol. The molecule has 0 bridgehead atoms. The molecule has 0 aromatic heterocycles. The molecular formula is C45H83O13P. The Bertz CT molecular complexity index is 1120. The van der Waals surface area contributed by atoms with Gasteiger partial charge in [0.1, 0.15) is 43.2 Å². The second-order valence-electron chi connectivity index (χ2n) is 16.3. The summed E-state index contributed by atoms with van der Waals surface area (Å²) in [7, 11) is -5.12. The van der Waals surface area contributed by atoms with E-state index in [-0.39, 0.29) is 12.8 Å². The summed E-state index contributed by atoms with van der Waals surface area (Å²) in [6.45, 7) is 4.81. The van der Waals surface area contributed by atoms with Crippen LogP contribution in [-0.4, -0.2) is 98.3 Å². The SMILES string of the molecule is C=CCCCCCCCCCCCCCCCC(=O)OC[C@H](COP(=O)(O)OC1C(O)C(O)C(O)[C@@H](O)C1O)OC(=O)CCCCCCCCC/C=C/CCCCCC. The van der Waals surface area contributed by atoms with E-state index in [0.717, 1.165) is 64.2 Å². The van der Waals surface area contributed by atoms with Crippen LogP contribution in [0.4, 0.5) is 0 Å². The van der Waals surface area contributed by atoms with Gasteiger partial charge in [0.2, 0.25) is 0 Å². The molecule has 59 heavy (non-hydrogen) atoms. The van der Waals surface area contributed by atoms with Gasteiger partial charge in [-0.1, -0.05) is 147 Å². The van der Waals surface area contributed by atoms with E-state index in [1.54, 1.807) is 0 Å². The third kappa shape index (κ3) is 28.5. The third-order valence-electron chi connectivity index (χ3n) is 10.9. The van der Waals surface area contributed by atoms with Gasteiger partial charge in [0.15, 0.2) is 6.10 Å². The number of esters is 2. The van der Waals surface area contributed by atoms with Crippen molar-refractivity contribution in [1.29, 1.82) is 0 Å². The molecule has 0 amide bonds. The van der Waals surface area contributed by atoms with Gasteiger partial charge < -0.3 is 39.9 Å². The third-order valence-corrected chi connectivity index (χ3v) is 11.9. The van der Waals surface area contributed by atoms with Gasteiger partial charge in [-0.2, -0.15) is 0 Å². The Morgan fingerprint density at radius 3 is 1.41 bits per heavy atom. The molecule has 14 heteroatoms. The molecule has 6 N–H and O–H groups in total. The molecule has 0 spiro atoms. The fourth-order valence-corrected chi connectivity index (χ4v) is 8.12. The number of carbonyl (C=O) groups is 2. The van der Waals surface area contributed by atoms with Crippen molar-refractivity contribution in [2.24, 2.45) is 0 Å². The van der Waals surface area contributed by atoms with E-state index in [1.165, 1.54) is 96.3 Å². The second kappa shape index (κ2) is 35.9. The molecule has 1 aliphatic carbocycles. The van der Waals surface area contributed by atoms with E-state index >= 15 is 0 Å². The summed E-state index contributed by atoms with van der Waals surface area (Å²) in [6, 6.07) is 0. The topological polar surface area (TPSA) is 210 Å². The Labute approximate surface area is 356 Å². The highest BCUT2D eigenvalue weighted by Gasteiger charge is 2.51. The average Bonchev–Trinajstić information content (AvgIpc) is 3.21. The Morgan fingerprint density at radius 2 is 0.949 bits per heavy atom. The molecule has 346 valence electrons. The maximum Gasteiger partial charge on any atom is 0.472 e. The summed E-state index contributed by atoms with van der Waals surface area (Å²) < 4.78 is 33.5. The lowest BCUT2D eigenvalue weighted by molar-refractivity contribution is -0.220. The number of ether oxygens (including phenoxy) is 2. The van der Waals surface area contributed by atoms with Crippen LogP contribution in [0.2, 0.25) is 0 Å². The van der Waals surface area contributed by atoms with E-state index in [2.05, 4.69) is 25.7 Å². The predicted octanol–water partition coefficient (Wildman–Crippen LogP) is 8.84. The first-order valence-electron chi connectivity index (χ1n) is 23.1. The summed E-state index contributed by atoms with van der Waals surface area (Å²) in [5.41, 5.74) is 0. The molecule has 0 aliphatic heterocycles. The lowest BCUT2D eigenvalue weighted by Gasteiger charge is -2.41. The van der Waals surface area contributed by atoms with Crippen LogP contribution in [0.5, 0.6) is 0 Å². The van der Waals surface area contributed by atoms with Crippen LogP contribution in [0.15, 0.2) is 24.8 Å². The van der Waals surface area contributed by atoms with E-state index in [4.69, 9.17) is 18.5 Å². The van der Waals surface area contributed by atoms with Crippen LogP contribution >= 0.6 is 7.82 Å². The standard InChI is InChI=1S/C45H83O13P/c1-3-5-7-9-11-13-15-17-19-21-23-25-27-29-31-33-38(46)55-35-37(36-56-59(53,54)58-45-43(51)41(49)40(48)42(50)44(45)52)57-39(47)34-32-30-28-26-24-22-20-18-16-14-12-10-8-6-4-2/h3,14,16,37,40-45,48-52H,1,4-13,15,17-36H2,2H3,(H,53,54)/b16-14+/t37-,40?,41-,42?,43?,44?,45?/m1/s1. The van der Waals surface area contributed by atoms with E-state index in [0.29, 0.717) is 12.8 Å². The number of rotatable bonds is 39. The van der Waals surface area contributed by atoms with E-state index < -0.39 is 75.7 Å². The van der Waals surface area contributed by atoms with Gasteiger partial charge in [-0.25, -0.2) is 4.57 Å². The van der Waals surface area contributed by atoms with Crippen LogP contribution in [0.3, 0.4) is 0 Å². The zero-order chi connectivity index (χ0) is 43.6. The van der Waals surface area contributed by atoms with Gasteiger partial charge in [0.05, 0.1) is 6.61 Å². The predicted molar refractivity (Wildman–Crippen MR) is 230 cm³/mol. The van der Waals surface area contributed by atoms with Crippen molar-refractivity contribution < 1.29 is 63.1 Å². The number of unbranched alkanes of at least 4 members (excludes halogenated alkanes) is 24. The zero-order valence-corrected chi connectivity index (χ0v) is 37.3. The highest BCUT2D eigenvalue weighted by atomic mass is 31.2. The lowest BCUT2D eigenvalue weighted by Crippen LogP contribution is -2.64. The van der Waals surface area contributed by atoms with Gasteiger partial charge >= 0.3 is 19.8 Å². The van der Waals surface area contributed by atoms with Crippen LogP contribution in [-0.2, 0) is 32.7 Å². The van der Waals surface area contributed by atoms with Crippen molar-refractivity contribution in [3.8, 4) is 0 Å². The van der Waals surface area contributed by atoms with Crippen LogP contribution in [0.25, 0.3) is 0 Å². The Balaban J connectivity index is 2.45. The highest BCUT2D eigenvalue weighted by molar-refractivity contribution is 7.47. The normalized spacial score (nSPS) is 22.3. The fourth-order valence-electron chi connectivity index (χ4n) is 7.14. The minimum atomic E-state index is -5.12. The van der Waals surface area contributed by atoms with Gasteiger partial charge in [-0.3, -0.25) is 18.6 Å². The molecule has 0 aromatic carbocycles. The summed E-state index contributed by atoms with van der Waals surface area (Å²) in [5, 5.41) is 50.1. The number of phosphoric acid groups is 1. The van der Waals surface area contributed by atoms with Gasteiger partial charge in [0.25, 0.3) is 0 Å². The number of carbonyl (C=O) groups excluding carboxylic acids is 2. The fraction of sp³-hybridized carbons (Fsp3) is 0.867. The number of aliphatic hydroxyl groups excluding tert-OH is 5. The number of aliphatic hydroxyl groups is 5. The number of allylic oxidation sites excluding steroid dienone is 3. The molecule has 8 atom stereocenters. The van der Waals surface area contributed by atoms with E-state index in [9.17, 15) is 44.6 Å². The maximum absolute atomic E-state index is 12.8. The number of hydrogen-bond acceptors (Lipinski definition) is 12. The molecule has 0 heterocycles. The molecule has 1 aliphatic rings. The monoisotopic (exact) mass is 863 g/mol. The van der Waals surface area contributed by atoms with Crippen LogP contribution < -0.4 is 0 Å². The van der Waals surface area contributed by atoms with Crippen molar-refractivity contribution in [3.05, 3.63) is 24.8 Å². The molecule has 0 radical (unpaired) electrons. The maximum atomic E-state index is 12.8. The first-order chi connectivity index (χ1) is 28.4. The first-order valence-corrected chi connectivity index (χ1v) is 24.6. The van der Waals surface area contributed by atoms with Crippen molar-refractivity contribution in [1.82, 2.24) is 0 Å². The minimum Gasteiger partial charge on any atom is -0.462 e. The highest BCUT2D eigenvalue weighted by Crippen LogP contribution is 2.47. The van der Waals surface area contributed by atoms with Crippen molar-refractivity contribution in [2.75, 3.05) is 13.2 Å². The smallest absolute Gasteiger partial charge is 0.462 e. The molecule has 1 fully saturated rings. The number of phosphoric ester groups is 1.